The molecule has 0 spiro atoms. The number of rotatable bonds is 4. The van der Waals surface area contributed by atoms with E-state index in [1.165, 1.54) is 13.1 Å². The lowest BCUT2D eigenvalue weighted by Crippen LogP contribution is -2.28. The van der Waals surface area contributed by atoms with Crippen LogP contribution in [0.1, 0.15) is 10.4 Å². The fourth-order valence-electron chi connectivity index (χ4n) is 1.31. The summed E-state index contributed by atoms with van der Waals surface area (Å²) < 4.78 is 25.1. The van der Waals surface area contributed by atoms with Gasteiger partial charge in [-0.15, -0.1) is 6.42 Å². The van der Waals surface area contributed by atoms with Gasteiger partial charge in [0.25, 0.3) is 0 Å². The number of sulfonamides is 1. The Bertz CT molecular complexity index is 616. The van der Waals surface area contributed by atoms with E-state index in [0.717, 1.165) is 16.4 Å². The summed E-state index contributed by atoms with van der Waals surface area (Å²) in [4.78, 5) is 10.6. The lowest BCUT2D eigenvalue weighted by Gasteiger charge is -2.16. The number of carbonyl (C=O) groups is 1. The monoisotopic (exact) mass is 268 g/mol. The SMILES string of the molecule is C#CCN(C)S(=O)(=O)c1cc(N)ccc1C(=O)O. The number of aromatic carboxylic acids is 1. The van der Waals surface area contributed by atoms with E-state index in [4.69, 9.17) is 17.3 Å². The average molecular weight is 268 g/mol. The zero-order valence-corrected chi connectivity index (χ0v) is 10.4. The Kier molecular flexibility index (Phi) is 3.96. The van der Waals surface area contributed by atoms with E-state index < -0.39 is 16.0 Å². The van der Waals surface area contributed by atoms with Crippen molar-refractivity contribution in [1.82, 2.24) is 4.31 Å². The molecule has 6 nitrogen and oxygen atoms in total. The quantitative estimate of drug-likeness (QED) is 0.601. The van der Waals surface area contributed by atoms with Gasteiger partial charge in [0, 0.05) is 12.7 Å². The molecule has 0 aromatic heterocycles. The molecule has 1 aromatic rings. The molecule has 1 rings (SSSR count). The van der Waals surface area contributed by atoms with Crippen LogP contribution in [0.4, 0.5) is 5.69 Å². The van der Waals surface area contributed by atoms with E-state index in [-0.39, 0.29) is 22.7 Å². The molecule has 0 bridgehead atoms. The third-order valence-corrected chi connectivity index (χ3v) is 4.08. The standard InChI is InChI=1S/C11H12N2O4S/c1-3-6-13(2)18(16,17)10-7-8(12)4-5-9(10)11(14)15/h1,4-5,7H,6,12H2,2H3,(H,14,15). The summed E-state index contributed by atoms with van der Waals surface area (Å²) in [5, 5.41) is 8.97. The molecule has 96 valence electrons. The third-order valence-electron chi connectivity index (χ3n) is 2.24. The normalized spacial score (nSPS) is 11.2. The molecular weight excluding hydrogens is 256 g/mol. The summed E-state index contributed by atoms with van der Waals surface area (Å²) in [7, 11) is -2.70. The van der Waals surface area contributed by atoms with Gasteiger partial charge < -0.3 is 10.8 Å². The Morgan fingerprint density at radius 1 is 1.56 bits per heavy atom. The molecule has 0 radical (unpaired) electrons. The maximum absolute atomic E-state index is 12.1. The molecule has 0 aliphatic heterocycles. The second-order valence-corrected chi connectivity index (χ2v) is 5.54. The molecular formula is C11H12N2O4S. The first-order valence-corrected chi connectivity index (χ1v) is 6.27. The zero-order valence-electron chi connectivity index (χ0n) is 9.62. The Hall–Kier alpha value is -2.04. The molecule has 0 atom stereocenters. The fourth-order valence-corrected chi connectivity index (χ4v) is 2.61. The molecule has 0 aliphatic carbocycles. The van der Waals surface area contributed by atoms with Crippen LogP contribution in [0.5, 0.6) is 0 Å². The van der Waals surface area contributed by atoms with Crippen molar-refractivity contribution in [3.8, 4) is 12.3 Å². The average Bonchev–Trinajstić information content (AvgIpc) is 2.28. The number of anilines is 1. The maximum Gasteiger partial charge on any atom is 0.337 e. The second kappa shape index (κ2) is 5.08. The molecule has 3 N–H and O–H groups in total. The van der Waals surface area contributed by atoms with Crippen LogP contribution in [0.2, 0.25) is 0 Å². The van der Waals surface area contributed by atoms with Crippen molar-refractivity contribution >= 4 is 21.7 Å². The van der Waals surface area contributed by atoms with Gasteiger partial charge in [0.15, 0.2) is 0 Å². The van der Waals surface area contributed by atoms with Crippen molar-refractivity contribution < 1.29 is 18.3 Å². The summed E-state index contributed by atoms with van der Waals surface area (Å²) in [6.07, 6.45) is 5.03. The number of nitrogens with zero attached hydrogens (tertiary/aromatic N) is 1. The molecule has 0 aliphatic rings. The first-order chi connectivity index (χ1) is 8.30. The van der Waals surface area contributed by atoms with E-state index in [1.54, 1.807) is 0 Å². The van der Waals surface area contributed by atoms with Gasteiger partial charge in [-0.3, -0.25) is 0 Å². The van der Waals surface area contributed by atoms with Gasteiger partial charge in [-0.2, -0.15) is 4.31 Å². The number of carboxylic acids is 1. The molecule has 0 fully saturated rings. The van der Waals surface area contributed by atoms with E-state index in [1.807, 2.05) is 0 Å². The number of carboxylic acid groups (broad SMARTS) is 1. The lowest BCUT2D eigenvalue weighted by atomic mass is 10.2. The molecule has 18 heavy (non-hydrogen) atoms. The molecule has 0 saturated carbocycles. The number of hydrogen-bond acceptors (Lipinski definition) is 4. The van der Waals surface area contributed by atoms with Gasteiger partial charge >= 0.3 is 5.97 Å². The number of terminal acetylenes is 1. The molecule has 1 aromatic carbocycles. The van der Waals surface area contributed by atoms with Crippen LogP contribution >= 0.6 is 0 Å². The first kappa shape index (κ1) is 14.0. The van der Waals surface area contributed by atoms with Crippen LogP contribution in [-0.2, 0) is 10.0 Å². The van der Waals surface area contributed by atoms with Crippen LogP contribution in [-0.4, -0.2) is 37.4 Å². The predicted molar refractivity (Wildman–Crippen MR) is 66.5 cm³/mol. The zero-order chi connectivity index (χ0) is 13.9. The number of hydrogen-bond donors (Lipinski definition) is 2. The Morgan fingerprint density at radius 2 is 2.17 bits per heavy atom. The molecule has 0 unspecified atom stereocenters. The maximum atomic E-state index is 12.1. The summed E-state index contributed by atoms with van der Waals surface area (Å²) in [6, 6.07) is 3.57. The van der Waals surface area contributed by atoms with Crippen molar-refractivity contribution in [2.45, 2.75) is 4.90 Å². The van der Waals surface area contributed by atoms with E-state index in [0.29, 0.717) is 0 Å². The second-order valence-electron chi connectivity index (χ2n) is 3.53. The van der Waals surface area contributed by atoms with Gasteiger partial charge in [0.1, 0.15) is 0 Å². The molecule has 0 amide bonds. The van der Waals surface area contributed by atoms with Gasteiger partial charge in [-0.05, 0) is 18.2 Å². The van der Waals surface area contributed by atoms with Crippen molar-refractivity contribution in [1.29, 1.82) is 0 Å². The highest BCUT2D eigenvalue weighted by Crippen LogP contribution is 2.22. The van der Waals surface area contributed by atoms with Crippen molar-refractivity contribution in [2.75, 3.05) is 19.3 Å². The van der Waals surface area contributed by atoms with E-state index in [9.17, 15) is 13.2 Å². The van der Waals surface area contributed by atoms with Crippen molar-refractivity contribution in [2.24, 2.45) is 0 Å². The van der Waals surface area contributed by atoms with Crippen LogP contribution in [0, 0.1) is 12.3 Å². The highest BCUT2D eigenvalue weighted by Gasteiger charge is 2.26. The minimum Gasteiger partial charge on any atom is -0.478 e. The predicted octanol–water partition coefficient (Wildman–Crippen LogP) is 0.221. The fraction of sp³-hybridized carbons (Fsp3) is 0.182. The minimum atomic E-state index is -3.97. The third kappa shape index (κ3) is 2.61. The Morgan fingerprint density at radius 3 is 2.67 bits per heavy atom. The van der Waals surface area contributed by atoms with Gasteiger partial charge in [-0.1, -0.05) is 5.92 Å². The molecule has 0 heterocycles. The smallest absolute Gasteiger partial charge is 0.337 e. The number of nitrogen functional groups attached to an aromatic ring is 1. The minimum absolute atomic E-state index is 0.157. The van der Waals surface area contributed by atoms with Crippen molar-refractivity contribution in [3.63, 3.8) is 0 Å². The van der Waals surface area contributed by atoms with Crippen LogP contribution in [0.3, 0.4) is 0 Å². The first-order valence-electron chi connectivity index (χ1n) is 4.83. The molecule has 0 saturated heterocycles. The lowest BCUT2D eigenvalue weighted by molar-refractivity contribution is 0.0692. The highest BCUT2D eigenvalue weighted by molar-refractivity contribution is 7.89. The molecule has 7 heteroatoms. The number of benzene rings is 1. The largest absolute Gasteiger partial charge is 0.478 e. The van der Waals surface area contributed by atoms with Gasteiger partial charge in [0.2, 0.25) is 10.0 Å². The van der Waals surface area contributed by atoms with Crippen LogP contribution in [0.25, 0.3) is 0 Å². The van der Waals surface area contributed by atoms with Crippen LogP contribution in [0.15, 0.2) is 23.1 Å². The van der Waals surface area contributed by atoms with Crippen molar-refractivity contribution in [3.05, 3.63) is 23.8 Å². The summed E-state index contributed by atoms with van der Waals surface area (Å²) >= 11 is 0. The highest BCUT2D eigenvalue weighted by atomic mass is 32.2. The van der Waals surface area contributed by atoms with Gasteiger partial charge in [0.05, 0.1) is 17.0 Å². The Labute approximate surface area is 105 Å². The topological polar surface area (TPSA) is 101 Å². The summed E-state index contributed by atoms with van der Waals surface area (Å²) in [5.74, 6) is 0.830. The Balaban J connectivity index is 3.45. The summed E-state index contributed by atoms with van der Waals surface area (Å²) in [6.45, 7) is -0.157. The van der Waals surface area contributed by atoms with E-state index in [2.05, 4.69) is 5.92 Å². The van der Waals surface area contributed by atoms with E-state index >= 15 is 0 Å². The van der Waals surface area contributed by atoms with Gasteiger partial charge in [-0.25, -0.2) is 13.2 Å². The van der Waals surface area contributed by atoms with Crippen LogP contribution < -0.4 is 5.73 Å². The summed E-state index contributed by atoms with van der Waals surface area (Å²) in [5.41, 5.74) is 5.30. The number of nitrogens with two attached hydrogens (primary N) is 1.